The van der Waals surface area contributed by atoms with Crippen LogP contribution < -0.4 is 4.74 Å². The number of hydrogen-bond acceptors (Lipinski definition) is 3. The Bertz CT molecular complexity index is 482. The summed E-state index contributed by atoms with van der Waals surface area (Å²) in [5.41, 5.74) is 0.819. The Morgan fingerprint density at radius 1 is 1.42 bits per heavy atom. The van der Waals surface area contributed by atoms with E-state index < -0.39 is 5.97 Å². The van der Waals surface area contributed by atoms with Gasteiger partial charge in [-0.2, -0.15) is 0 Å². The highest BCUT2D eigenvalue weighted by Gasteiger charge is 2.11. The molecule has 0 aliphatic carbocycles. The minimum Gasteiger partial charge on any atom is -0.497 e. The van der Waals surface area contributed by atoms with Crippen molar-refractivity contribution < 1.29 is 19.4 Å². The van der Waals surface area contributed by atoms with E-state index in [2.05, 4.69) is 0 Å². The third-order valence-electron chi connectivity index (χ3n) is 2.53. The van der Waals surface area contributed by atoms with Crippen molar-refractivity contribution in [2.24, 2.45) is 0 Å². The number of methoxy groups -OCH3 is 1. The van der Waals surface area contributed by atoms with Crippen molar-refractivity contribution in [3.63, 3.8) is 0 Å². The Morgan fingerprint density at radius 2 is 2.16 bits per heavy atom. The van der Waals surface area contributed by atoms with E-state index in [1.165, 1.54) is 11.0 Å². The molecule has 0 bridgehead atoms. The number of carbonyl (C=O) groups is 2. The van der Waals surface area contributed by atoms with Crippen molar-refractivity contribution in [1.29, 1.82) is 0 Å². The van der Waals surface area contributed by atoms with Crippen LogP contribution in [0.5, 0.6) is 5.75 Å². The summed E-state index contributed by atoms with van der Waals surface area (Å²) < 4.78 is 5.08. The van der Waals surface area contributed by atoms with E-state index in [0.717, 1.165) is 5.56 Å². The summed E-state index contributed by atoms with van der Waals surface area (Å²) >= 11 is 0. The number of rotatable bonds is 6. The lowest BCUT2D eigenvalue weighted by Gasteiger charge is -2.15. The molecular formula is C14H17NO4. The van der Waals surface area contributed by atoms with E-state index in [-0.39, 0.29) is 12.5 Å². The van der Waals surface area contributed by atoms with Crippen LogP contribution in [-0.2, 0) is 9.59 Å². The van der Waals surface area contributed by atoms with E-state index in [4.69, 9.17) is 9.84 Å². The van der Waals surface area contributed by atoms with Gasteiger partial charge in [0.25, 0.3) is 0 Å². The van der Waals surface area contributed by atoms with Crippen LogP contribution in [0, 0.1) is 0 Å². The number of carboxylic acids is 1. The van der Waals surface area contributed by atoms with Crippen LogP contribution >= 0.6 is 0 Å². The molecular weight excluding hydrogens is 246 g/mol. The number of aliphatic carboxylic acids is 1. The zero-order valence-electron chi connectivity index (χ0n) is 11.0. The molecule has 0 aliphatic rings. The monoisotopic (exact) mass is 263 g/mol. The first kappa shape index (κ1) is 14.8. The number of benzene rings is 1. The minimum absolute atomic E-state index is 0.294. The smallest absolute Gasteiger partial charge is 0.323 e. The van der Waals surface area contributed by atoms with Crippen LogP contribution in [0.3, 0.4) is 0 Å². The fourth-order valence-corrected chi connectivity index (χ4v) is 1.53. The number of likely N-dealkylation sites (N-methyl/N-ethyl adjacent to an activating group) is 1. The van der Waals surface area contributed by atoms with Gasteiger partial charge in [-0.15, -0.1) is 0 Å². The maximum absolute atomic E-state index is 11.8. The fourth-order valence-electron chi connectivity index (χ4n) is 1.53. The molecule has 0 spiro atoms. The maximum Gasteiger partial charge on any atom is 0.323 e. The van der Waals surface area contributed by atoms with Crippen LogP contribution in [0.1, 0.15) is 12.5 Å². The van der Waals surface area contributed by atoms with Gasteiger partial charge in [-0.3, -0.25) is 9.59 Å². The van der Waals surface area contributed by atoms with Crippen molar-refractivity contribution in [2.75, 3.05) is 20.2 Å². The fraction of sp³-hybridized carbons (Fsp3) is 0.286. The Balaban J connectivity index is 2.73. The first-order chi connectivity index (χ1) is 9.06. The quantitative estimate of drug-likeness (QED) is 0.792. The second kappa shape index (κ2) is 7.20. The van der Waals surface area contributed by atoms with Gasteiger partial charge in [-0.25, -0.2) is 0 Å². The summed E-state index contributed by atoms with van der Waals surface area (Å²) in [6.07, 6.45) is 3.00. The molecule has 0 atom stereocenters. The zero-order chi connectivity index (χ0) is 14.3. The van der Waals surface area contributed by atoms with Gasteiger partial charge < -0.3 is 14.7 Å². The van der Waals surface area contributed by atoms with Crippen LogP contribution in [0.25, 0.3) is 6.08 Å². The third-order valence-corrected chi connectivity index (χ3v) is 2.53. The van der Waals surface area contributed by atoms with Gasteiger partial charge >= 0.3 is 5.97 Å². The lowest BCUT2D eigenvalue weighted by Crippen LogP contribution is -2.34. The highest BCUT2D eigenvalue weighted by molar-refractivity contribution is 5.93. The molecule has 19 heavy (non-hydrogen) atoms. The van der Waals surface area contributed by atoms with Gasteiger partial charge in [0, 0.05) is 12.6 Å². The lowest BCUT2D eigenvalue weighted by atomic mass is 10.2. The lowest BCUT2D eigenvalue weighted by molar-refractivity contribution is -0.142. The second-order valence-electron chi connectivity index (χ2n) is 3.86. The average Bonchev–Trinajstić information content (AvgIpc) is 2.42. The number of carboxylic acid groups (broad SMARTS) is 1. The van der Waals surface area contributed by atoms with Crippen molar-refractivity contribution in [3.05, 3.63) is 35.9 Å². The largest absolute Gasteiger partial charge is 0.497 e. The van der Waals surface area contributed by atoms with E-state index in [9.17, 15) is 9.59 Å². The summed E-state index contributed by atoms with van der Waals surface area (Å²) in [5, 5.41) is 8.68. The topological polar surface area (TPSA) is 66.8 Å². The molecule has 1 aromatic carbocycles. The number of carbonyl (C=O) groups excluding carboxylic acids is 1. The predicted octanol–water partition coefficient (Wildman–Crippen LogP) is 1.64. The van der Waals surface area contributed by atoms with Crippen LogP contribution in [0.4, 0.5) is 0 Å². The summed E-state index contributed by atoms with van der Waals surface area (Å²) in [6.45, 7) is 1.80. The molecule has 102 valence electrons. The number of ether oxygens (including phenoxy) is 1. The molecule has 0 saturated heterocycles. The van der Waals surface area contributed by atoms with E-state index in [0.29, 0.717) is 12.3 Å². The molecule has 1 aromatic rings. The first-order valence-corrected chi connectivity index (χ1v) is 5.89. The molecule has 1 amide bonds. The Hall–Kier alpha value is -2.30. The number of hydrogen-bond donors (Lipinski definition) is 1. The molecule has 0 radical (unpaired) electrons. The maximum atomic E-state index is 11.8. The highest BCUT2D eigenvalue weighted by atomic mass is 16.5. The Labute approximate surface area is 112 Å². The van der Waals surface area contributed by atoms with E-state index in [1.54, 1.807) is 26.2 Å². The molecule has 5 nitrogen and oxygen atoms in total. The van der Waals surface area contributed by atoms with Gasteiger partial charge in [0.05, 0.1) is 7.11 Å². The first-order valence-electron chi connectivity index (χ1n) is 5.89. The van der Waals surface area contributed by atoms with Crippen molar-refractivity contribution in [1.82, 2.24) is 4.90 Å². The van der Waals surface area contributed by atoms with Gasteiger partial charge in [-0.05, 0) is 30.7 Å². The van der Waals surface area contributed by atoms with Crippen molar-refractivity contribution >= 4 is 18.0 Å². The number of nitrogens with zero attached hydrogens (tertiary/aromatic N) is 1. The van der Waals surface area contributed by atoms with Gasteiger partial charge in [-0.1, -0.05) is 12.1 Å². The molecule has 0 aliphatic heterocycles. The summed E-state index contributed by atoms with van der Waals surface area (Å²) in [6, 6.07) is 7.25. The van der Waals surface area contributed by atoms with Crippen LogP contribution in [0.15, 0.2) is 30.3 Å². The molecule has 0 aromatic heterocycles. The molecule has 0 unspecified atom stereocenters. The van der Waals surface area contributed by atoms with Gasteiger partial charge in [0.1, 0.15) is 12.3 Å². The summed E-state index contributed by atoms with van der Waals surface area (Å²) in [5.74, 6) is -0.648. The van der Waals surface area contributed by atoms with Crippen LogP contribution in [-0.4, -0.2) is 42.1 Å². The van der Waals surface area contributed by atoms with Crippen LogP contribution in [0.2, 0.25) is 0 Å². The summed E-state index contributed by atoms with van der Waals surface area (Å²) in [7, 11) is 1.57. The third kappa shape index (κ3) is 4.83. The second-order valence-corrected chi connectivity index (χ2v) is 3.86. The highest BCUT2D eigenvalue weighted by Crippen LogP contribution is 2.13. The standard InChI is InChI=1S/C14H17NO4/c1-3-15(10-14(17)18)13(16)8-7-11-5-4-6-12(9-11)19-2/h4-9H,3,10H2,1-2H3,(H,17,18)/b8-7+. The predicted molar refractivity (Wildman–Crippen MR) is 71.9 cm³/mol. The summed E-state index contributed by atoms with van der Waals surface area (Å²) in [4.78, 5) is 23.6. The van der Waals surface area contributed by atoms with Gasteiger partial charge in [0.2, 0.25) is 5.91 Å². The average molecular weight is 263 g/mol. The Morgan fingerprint density at radius 3 is 2.74 bits per heavy atom. The molecule has 1 N–H and O–H groups in total. The van der Waals surface area contributed by atoms with Crippen molar-refractivity contribution in [2.45, 2.75) is 6.92 Å². The minimum atomic E-state index is -1.02. The Kier molecular flexibility index (Phi) is 5.60. The normalized spacial score (nSPS) is 10.4. The molecule has 0 saturated carbocycles. The van der Waals surface area contributed by atoms with Crippen molar-refractivity contribution in [3.8, 4) is 5.75 Å². The SMILES string of the molecule is CCN(CC(=O)O)C(=O)/C=C/c1cccc(OC)c1. The molecule has 5 heteroatoms. The number of amides is 1. The molecule has 0 heterocycles. The van der Waals surface area contributed by atoms with E-state index in [1.807, 2.05) is 18.2 Å². The van der Waals surface area contributed by atoms with Gasteiger partial charge in [0.15, 0.2) is 0 Å². The van der Waals surface area contributed by atoms with E-state index >= 15 is 0 Å². The molecule has 0 fully saturated rings. The molecule has 1 rings (SSSR count). The zero-order valence-corrected chi connectivity index (χ0v) is 11.0.